The Morgan fingerprint density at radius 3 is 2.09 bits per heavy atom. The van der Waals surface area contributed by atoms with Gasteiger partial charge in [0.2, 0.25) is 0 Å². The molecule has 0 saturated heterocycles. The maximum atomic E-state index is 11.9. The second kappa shape index (κ2) is 9.05. The molecule has 23 heavy (non-hydrogen) atoms. The second-order valence-corrected chi connectivity index (χ2v) is 5.27. The minimum absolute atomic E-state index is 0.290. The number of amides is 1. The SMILES string of the molecule is CC(OCc1ccccc1)[C@@H](N)C(=O)NOCc1ccccc1. The topological polar surface area (TPSA) is 73.6 Å². The van der Waals surface area contributed by atoms with Gasteiger partial charge in [-0.1, -0.05) is 60.7 Å². The van der Waals surface area contributed by atoms with E-state index in [0.29, 0.717) is 13.2 Å². The molecule has 122 valence electrons. The van der Waals surface area contributed by atoms with Crippen molar-refractivity contribution < 1.29 is 14.4 Å². The van der Waals surface area contributed by atoms with E-state index in [2.05, 4.69) is 5.48 Å². The normalized spacial score (nSPS) is 13.3. The van der Waals surface area contributed by atoms with Crippen LogP contribution in [0.4, 0.5) is 0 Å². The predicted octanol–water partition coefficient (Wildman–Crippen LogP) is 2.17. The first kappa shape index (κ1) is 17.1. The fourth-order valence-electron chi connectivity index (χ4n) is 1.95. The van der Waals surface area contributed by atoms with Crippen LogP contribution < -0.4 is 11.2 Å². The van der Waals surface area contributed by atoms with Crippen LogP contribution in [0.5, 0.6) is 0 Å². The standard InChI is InChI=1S/C18H22N2O3/c1-14(22-12-15-8-4-2-5-9-15)17(19)18(21)20-23-13-16-10-6-3-7-11-16/h2-11,14,17H,12-13,19H2,1H3,(H,20,21)/t14?,17-/m1/s1. The zero-order valence-electron chi connectivity index (χ0n) is 13.1. The third-order valence-corrected chi connectivity index (χ3v) is 3.42. The second-order valence-electron chi connectivity index (χ2n) is 5.27. The average Bonchev–Trinajstić information content (AvgIpc) is 2.60. The molecule has 0 aliphatic carbocycles. The molecule has 2 rings (SSSR count). The molecule has 0 aromatic heterocycles. The summed E-state index contributed by atoms with van der Waals surface area (Å²) >= 11 is 0. The average molecular weight is 314 g/mol. The number of nitrogens with one attached hydrogen (secondary N) is 1. The van der Waals surface area contributed by atoms with Crippen molar-refractivity contribution in [1.29, 1.82) is 0 Å². The number of rotatable bonds is 8. The number of carbonyl (C=O) groups excluding carboxylic acids is 1. The fraction of sp³-hybridized carbons (Fsp3) is 0.278. The predicted molar refractivity (Wildman–Crippen MR) is 88.0 cm³/mol. The largest absolute Gasteiger partial charge is 0.372 e. The Balaban J connectivity index is 1.70. The van der Waals surface area contributed by atoms with E-state index in [9.17, 15) is 4.79 Å². The van der Waals surface area contributed by atoms with Gasteiger partial charge in [0.25, 0.3) is 5.91 Å². The molecule has 0 bridgehead atoms. The van der Waals surface area contributed by atoms with E-state index >= 15 is 0 Å². The number of ether oxygens (including phenoxy) is 1. The van der Waals surface area contributed by atoms with Gasteiger partial charge in [-0.05, 0) is 18.1 Å². The highest BCUT2D eigenvalue weighted by Crippen LogP contribution is 2.05. The van der Waals surface area contributed by atoms with Gasteiger partial charge >= 0.3 is 0 Å². The van der Waals surface area contributed by atoms with E-state index in [-0.39, 0.29) is 0 Å². The van der Waals surface area contributed by atoms with Gasteiger partial charge in [-0.3, -0.25) is 9.63 Å². The number of hydroxylamine groups is 1. The van der Waals surface area contributed by atoms with E-state index in [0.717, 1.165) is 11.1 Å². The lowest BCUT2D eigenvalue weighted by molar-refractivity contribution is -0.139. The summed E-state index contributed by atoms with van der Waals surface area (Å²) in [6, 6.07) is 18.5. The minimum Gasteiger partial charge on any atom is -0.372 e. The van der Waals surface area contributed by atoms with Crippen molar-refractivity contribution in [2.24, 2.45) is 5.73 Å². The molecule has 0 aliphatic heterocycles. The molecule has 0 aliphatic rings. The summed E-state index contributed by atoms with van der Waals surface area (Å²) in [4.78, 5) is 17.1. The summed E-state index contributed by atoms with van der Waals surface area (Å²) in [6.45, 7) is 2.47. The molecule has 2 aromatic carbocycles. The van der Waals surface area contributed by atoms with Crippen molar-refractivity contribution in [2.75, 3.05) is 0 Å². The van der Waals surface area contributed by atoms with Crippen LogP contribution in [0.25, 0.3) is 0 Å². The maximum absolute atomic E-state index is 11.9. The summed E-state index contributed by atoms with van der Waals surface area (Å²) in [5, 5.41) is 0. The van der Waals surface area contributed by atoms with E-state index < -0.39 is 18.1 Å². The van der Waals surface area contributed by atoms with Crippen LogP contribution >= 0.6 is 0 Å². The summed E-state index contributed by atoms with van der Waals surface area (Å²) in [5.41, 5.74) is 10.3. The Morgan fingerprint density at radius 1 is 1.00 bits per heavy atom. The van der Waals surface area contributed by atoms with Crippen LogP contribution in [0.1, 0.15) is 18.1 Å². The monoisotopic (exact) mass is 314 g/mol. The highest BCUT2D eigenvalue weighted by Gasteiger charge is 2.21. The molecule has 0 fully saturated rings. The first-order valence-electron chi connectivity index (χ1n) is 7.53. The smallest absolute Gasteiger partial charge is 0.263 e. The van der Waals surface area contributed by atoms with Crippen molar-refractivity contribution in [3.05, 3.63) is 71.8 Å². The third-order valence-electron chi connectivity index (χ3n) is 3.42. The van der Waals surface area contributed by atoms with E-state index in [4.69, 9.17) is 15.3 Å². The summed E-state index contributed by atoms with van der Waals surface area (Å²) in [5.74, 6) is -0.401. The molecule has 3 N–H and O–H groups in total. The fourth-order valence-corrected chi connectivity index (χ4v) is 1.95. The Labute approximate surface area is 136 Å². The molecular weight excluding hydrogens is 292 g/mol. The van der Waals surface area contributed by atoms with Crippen LogP contribution in [0.2, 0.25) is 0 Å². The van der Waals surface area contributed by atoms with Crippen molar-refractivity contribution in [2.45, 2.75) is 32.3 Å². The van der Waals surface area contributed by atoms with Crippen molar-refractivity contribution >= 4 is 5.91 Å². The molecule has 5 nitrogen and oxygen atoms in total. The Hall–Kier alpha value is -2.21. The molecule has 1 unspecified atom stereocenters. The van der Waals surface area contributed by atoms with Crippen molar-refractivity contribution in [1.82, 2.24) is 5.48 Å². The molecule has 1 amide bonds. The number of hydrogen-bond donors (Lipinski definition) is 2. The molecule has 0 saturated carbocycles. The van der Waals surface area contributed by atoms with Gasteiger partial charge in [-0.25, -0.2) is 5.48 Å². The van der Waals surface area contributed by atoms with Crippen LogP contribution in [0, 0.1) is 0 Å². The maximum Gasteiger partial charge on any atom is 0.263 e. The van der Waals surface area contributed by atoms with Gasteiger partial charge in [-0.15, -0.1) is 0 Å². The molecule has 0 radical (unpaired) electrons. The van der Waals surface area contributed by atoms with Crippen molar-refractivity contribution in [3.63, 3.8) is 0 Å². The van der Waals surface area contributed by atoms with Crippen LogP contribution in [0.3, 0.4) is 0 Å². The lowest BCUT2D eigenvalue weighted by atomic mass is 10.2. The summed E-state index contributed by atoms with van der Waals surface area (Å²) in [6.07, 6.45) is -0.421. The Kier molecular flexibility index (Phi) is 6.75. The summed E-state index contributed by atoms with van der Waals surface area (Å²) in [7, 11) is 0. The molecule has 0 heterocycles. The van der Waals surface area contributed by atoms with Gasteiger partial charge in [0.05, 0.1) is 19.3 Å². The lowest BCUT2D eigenvalue weighted by Crippen LogP contribution is -2.48. The zero-order valence-corrected chi connectivity index (χ0v) is 13.1. The zero-order chi connectivity index (χ0) is 16.5. The highest BCUT2D eigenvalue weighted by atomic mass is 16.7. The first-order chi connectivity index (χ1) is 11.2. The Bertz CT molecular complexity index is 590. The molecule has 0 spiro atoms. The first-order valence-corrected chi connectivity index (χ1v) is 7.53. The van der Waals surface area contributed by atoms with E-state index in [1.165, 1.54) is 0 Å². The number of benzene rings is 2. The van der Waals surface area contributed by atoms with Gasteiger partial charge < -0.3 is 10.5 Å². The van der Waals surface area contributed by atoms with Crippen molar-refractivity contribution in [3.8, 4) is 0 Å². The highest BCUT2D eigenvalue weighted by molar-refractivity contribution is 5.81. The number of carbonyl (C=O) groups is 1. The van der Waals surface area contributed by atoms with Gasteiger partial charge in [0.1, 0.15) is 6.04 Å². The minimum atomic E-state index is -0.797. The van der Waals surface area contributed by atoms with Crippen LogP contribution in [-0.2, 0) is 27.6 Å². The number of hydrogen-bond acceptors (Lipinski definition) is 4. The molecule has 5 heteroatoms. The molecular formula is C18H22N2O3. The lowest BCUT2D eigenvalue weighted by Gasteiger charge is -2.19. The molecule has 2 aromatic rings. The Morgan fingerprint density at radius 2 is 1.52 bits per heavy atom. The third kappa shape index (κ3) is 5.83. The molecule has 2 atom stereocenters. The van der Waals surface area contributed by atoms with Gasteiger partial charge in [-0.2, -0.15) is 0 Å². The van der Waals surface area contributed by atoms with Gasteiger partial charge in [0, 0.05) is 0 Å². The van der Waals surface area contributed by atoms with E-state index in [1.807, 2.05) is 60.7 Å². The van der Waals surface area contributed by atoms with Crippen LogP contribution in [0.15, 0.2) is 60.7 Å². The van der Waals surface area contributed by atoms with Crippen LogP contribution in [-0.4, -0.2) is 18.1 Å². The van der Waals surface area contributed by atoms with Gasteiger partial charge in [0.15, 0.2) is 0 Å². The quantitative estimate of drug-likeness (QED) is 0.732. The summed E-state index contributed by atoms with van der Waals surface area (Å²) < 4.78 is 5.63. The number of nitrogens with two attached hydrogens (primary N) is 1. The van der Waals surface area contributed by atoms with E-state index in [1.54, 1.807) is 6.92 Å².